The monoisotopic (exact) mass is 427 g/mol. The minimum absolute atomic E-state index is 0.00521. The van der Waals surface area contributed by atoms with Crippen LogP contribution in [-0.4, -0.2) is 38.8 Å². The van der Waals surface area contributed by atoms with E-state index in [1.807, 2.05) is 13.8 Å². The molecular weight excluding hydrogens is 398 g/mol. The highest BCUT2D eigenvalue weighted by atomic mass is 16.7. The van der Waals surface area contributed by atoms with Gasteiger partial charge in [0.05, 0.1) is 11.9 Å². The molecule has 0 atom stereocenters. The normalized spacial score (nSPS) is 18.6. The van der Waals surface area contributed by atoms with Gasteiger partial charge in [-0.05, 0) is 76.6 Å². The summed E-state index contributed by atoms with van der Waals surface area (Å²) < 4.78 is 6.44. The predicted octanol–water partition coefficient (Wildman–Crippen LogP) is 4.70. The molecule has 3 rings (SSSR count). The van der Waals surface area contributed by atoms with E-state index in [4.69, 9.17) is 4.74 Å². The lowest BCUT2D eigenvalue weighted by Gasteiger charge is -2.32. The number of hydrogen-bond donors (Lipinski definition) is 1. The Morgan fingerprint density at radius 2 is 1.74 bits per heavy atom. The molecule has 1 heterocycles. The third-order valence-corrected chi connectivity index (χ3v) is 5.75. The minimum atomic E-state index is -1.48. The molecular formula is C23H29N3O5. The zero-order valence-electron chi connectivity index (χ0n) is 18.4. The second kappa shape index (κ2) is 9.32. The third kappa shape index (κ3) is 5.13. The van der Waals surface area contributed by atoms with Crippen LogP contribution in [0.2, 0.25) is 0 Å². The van der Waals surface area contributed by atoms with Crippen molar-refractivity contribution in [3.8, 4) is 11.4 Å². The molecule has 0 spiro atoms. The maximum absolute atomic E-state index is 13.4. The second-order valence-electron chi connectivity index (χ2n) is 8.49. The Balaban J connectivity index is 1.98. The molecule has 0 unspecified atom stereocenters. The Morgan fingerprint density at radius 3 is 2.26 bits per heavy atom. The number of carbonyl (C=O) groups excluding carboxylic acids is 2. The van der Waals surface area contributed by atoms with Gasteiger partial charge >= 0.3 is 6.16 Å². The predicted molar refractivity (Wildman–Crippen MR) is 116 cm³/mol. The number of rotatable bonds is 6. The Bertz CT molecular complexity index is 956. The van der Waals surface area contributed by atoms with E-state index in [1.165, 1.54) is 17.8 Å². The van der Waals surface area contributed by atoms with Gasteiger partial charge in [-0.1, -0.05) is 6.92 Å². The van der Waals surface area contributed by atoms with E-state index in [0.717, 1.165) is 25.7 Å². The van der Waals surface area contributed by atoms with Gasteiger partial charge in [0, 0.05) is 17.5 Å². The van der Waals surface area contributed by atoms with E-state index in [1.54, 1.807) is 29.2 Å². The SMILES string of the molecule is CC(=O)c1ccc(-n2cc(OC(=O)O)c(N(C(=O)[C@H]3CC[C@H](C)CC3)C(C)C)n2)cc1. The zero-order valence-corrected chi connectivity index (χ0v) is 18.4. The molecule has 0 aliphatic heterocycles. The van der Waals surface area contributed by atoms with Gasteiger partial charge in [-0.3, -0.25) is 14.5 Å². The van der Waals surface area contributed by atoms with E-state index < -0.39 is 6.16 Å². The summed E-state index contributed by atoms with van der Waals surface area (Å²) in [6, 6.07) is 6.53. The number of hydrogen-bond acceptors (Lipinski definition) is 5. The molecule has 1 aliphatic rings. The fourth-order valence-corrected chi connectivity index (χ4v) is 3.97. The fourth-order valence-electron chi connectivity index (χ4n) is 3.97. The smallest absolute Gasteiger partial charge is 0.449 e. The van der Waals surface area contributed by atoms with Gasteiger partial charge in [0.1, 0.15) is 0 Å². The number of amides is 1. The van der Waals surface area contributed by atoms with Crippen LogP contribution in [-0.2, 0) is 4.79 Å². The van der Waals surface area contributed by atoms with Gasteiger partial charge in [0.15, 0.2) is 11.5 Å². The fraction of sp³-hybridized carbons (Fsp3) is 0.478. The maximum atomic E-state index is 13.4. The van der Waals surface area contributed by atoms with E-state index >= 15 is 0 Å². The molecule has 8 nitrogen and oxygen atoms in total. The van der Waals surface area contributed by atoms with Crippen LogP contribution in [0.15, 0.2) is 30.5 Å². The van der Waals surface area contributed by atoms with Crippen molar-refractivity contribution in [1.82, 2.24) is 9.78 Å². The molecule has 8 heteroatoms. The number of anilines is 1. The summed E-state index contributed by atoms with van der Waals surface area (Å²) in [6.07, 6.45) is 3.58. The van der Waals surface area contributed by atoms with E-state index in [9.17, 15) is 19.5 Å². The molecule has 1 aromatic heterocycles. The Kier molecular flexibility index (Phi) is 6.77. The van der Waals surface area contributed by atoms with Gasteiger partial charge in [-0.15, -0.1) is 5.10 Å². The first-order valence-electron chi connectivity index (χ1n) is 10.6. The molecule has 2 aromatic rings. The van der Waals surface area contributed by atoms with Crippen LogP contribution in [0.25, 0.3) is 5.69 Å². The second-order valence-corrected chi connectivity index (χ2v) is 8.49. The average molecular weight is 428 g/mol. The number of aromatic nitrogens is 2. The lowest BCUT2D eigenvalue weighted by atomic mass is 9.82. The summed E-state index contributed by atoms with van der Waals surface area (Å²) in [6.45, 7) is 7.42. The molecule has 1 amide bonds. The topological polar surface area (TPSA) is 102 Å². The quantitative estimate of drug-likeness (QED) is 0.530. The number of nitrogens with zero attached hydrogens (tertiary/aromatic N) is 3. The first-order chi connectivity index (χ1) is 14.7. The largest absolute Gasteiger partial charge is 0.511 e. The van der Waals surface area contributed by atoms with Crippen LogP contribution >= 0.6 is 0 Å². The molecule has 1 aliphatic carbocycles. The molecule has 31 heavy (non-hydrogen) atoms. The van der Waals surface area contributed by atoms with E-state index in [2.05, 4.69) is 12.0 Å². The molecule has 1 aromatic carbocycles. The molecule has 0 saturated heterocycles. The van der Waals surface area contributed by atoms with Crippen molar-refractivity contribution < 1.29 is 24.2 Å². The van der Waals surface area contributed by atoms with Gasteiger partial charge < -0.3 is 9.84 Å². The minimum Gasteiger partial charge on any atom is -0.449 e. The summed E-state index contributed by atoms with van der Waals surface area (Å²) in [5, 5.41) is 13.7. The van der Waals surface area contributed by atoms with Gasteiger partial charge in [-0.25, -0.2) is 9.48 Å². The number of benzene rings is 1. The van der Waals surface area contributed by atoms with Crippen LogP contribution in [0.4, 0.5) is 10.6 Å². The number of carbonyl (C=O) groups is 3. The molecule has 0 radical (unpaired) electrons. The average Bonchev–Trinajstić information content (AvgIpc) is 3.11. The number of carboxylic acid groups (broad SMARTS) is 1. The highest BCUT2D eigenvalue weighted by Crippen LogP contribution is 2.35. The van der Waals surface area contributed by atoms with Gasteiger partial charge in [0.25, 0.3) is 0 Å². The number of ether oxygens (including phenoxy) is 1. The molecule has 166 valence electrons. The van der Waals surface area contributed by atoms with Gasteiger partial charge in [0.2, 0.25) is 11.7 Å². The molecule has 1 saturated carbocycles. The first-order valence-corrected chi connectivity index (χ1v) is 10.6. The summed E-state index contributed by atoms with van der Waals surface area (Å²) in [4.78, 5) is 37.7. The summed E-state index contributed by atoms with van der Waals surface area (Å²) in [7, 11) is 0. The summed E-state index contributed by atoms with van der Waals surface area (Å²) in [5.41, 5.74) is 1.18. The van der Waals surface area contributed by atoms with Crippen molar-refractivity contribution in [2.24, 2.45) is 11.8 Å². The number of Topliss-reactive ketones (excluding diaryl/α,β-unsaturated/α-hetero) is 1. The van der Waals surface area contributed by atoms with Crippen molar-refractivity contribution in [3.63, 3.8) is 0 Å². The van der Waals surface area contributed by atoms with Crippen molar-refractivity contribution in [2.45, 2.75) is 59.4 Å². The standard InChI is InChI=1S/C23H29N3O5/c1-14(2)26(22(28)18-7-5-15(3)6-8-18)21-20(31-23(29)30)13-25(24-21)19-11-9-17(10-12-19)16(4)27/h9-15,18H,5-8H2,1-4H3,(H,29,30)/t15-,18-. The highest BCUT2D eigenvalue weighted by molar-refractivity contribution is 5.96. The van der Waals surface area contributed by atoms with Crippen molar-refractivity contribution in [2.75, 3.05) is 4.90 Å². The molecule has 0 bridgehead atoms. The molecule has 1 fully saturated rings. The third-order valence-electron chi connectivity index (χ3n) is 5.75. The van der Waals surface area contributed by atoms with Crippen molar-refractivity contribution in [3.05, 3.63) is 36.0 Å². The highest BCUT2D eigenvalue weighted by Gasteiger charge is 2.34. The Labute approximate surface area is 181 Å². The Hall–Kier alpha value is -3.16. The Morgan fingerprint density at radius 1 is 1.13 bits per heavy atom. The summed E-state index contributed by atoms with van der Waals surface area (Å²) in [5.74, 6) is 0.553. The van der Waals surface area contributed by atoms with Crippen molar-refractivity contribution in [1.29, 1.82) is 0 Å². The molecule has 1 N–H and O–H groups in total. The van der Waals surface area contributed by atoms with Crippen LogP contribution in [0.5, 0.6) is 5.75 Å². The maximum Gasteiger partial charge on any atom is 0.511 e. The van der Waals surface area contributed by atoms with Gasteiger partial charge in [-0.2, -0.15) is 0 Å². The number of ketones is 1. The lowest BCUT2D eigenvalue weighted by Crippen LogP contribution is -2.42. The zero-order chi connectivity index (χ0) is 22.7. The van der Waals surface area contributed by atoms with Crippen LogP contribution in [0, 0.1) is 11.8 Å². The van der Waals surface area contributed by atoms with Crippen LogP contribution in [0.1, 0.15) is 63.7 Å². The van der Waals surface area contributed by atoms with Crippen molar-refractivity contribution >= 4 is 23.7 Å². The van der Waals surface area contributed by atoms with Crippen LogP contribution in [0.3, 0.4) is 0 Å². The van der Waals surface area contributed by atoms with E-state index in [-0.39, 0.29) is 35.2 Å². The van der Waals surface area contributed by atoms with E-state index in [0.29, 0.717) is 17.2 Å². The first kappa shape index (κ1) is 22.5. The lowest BCUT2D eigenvalue weighted by molar-refractivity contribution is -0.124. The summed E-state index contributed by atoms with van der Waals surface area (Å²) >= 11 is 0. The van der Waals surface area contributed by atoms with Crippen LogP contribution < -0.4 is 9.64 Å².